The zero-order chi connectivity index (χ0) is 18.6. The zero-order valence-corrected chi connectivity index (χ0v) is 15.0. The molecule has 1 saturated heterocycles. The Balaban J connectivity index is 2.27. The topological polar surface area (TPSA) is 102 Å². The molecule has 1 aromatic carbocycles. The van der Waals surface area contributed by atoms with E-state index in [-0.39, 0.29) is 17.8 Å². The highest BCUT2D eigenvalue weighted by Gasteiger charge is 2.28. The Kier molecular flexibility index (Phi) is 5.97. The zero-order valence-electron chi connectivity index (χ0n) is 15.0. The van der Waals surface area contributed by atoms with Gasteiger partial charge in [-0.3, -0.25) is 10.1 Å². The second-order valence-electron chi connectivity index (χ2n) is 6.73. The third-order valence-corrected chi connectivity index (χ3v) is 4.44. The summed E-state index contributed by atoms with van der Waals surface area (Å²) in [6.07, 6.45) is 0. The van der Waals surface area contributed by atoms with Crippen molar-refractivity contribution in [1.29, 1.82) is 0 Å². The number of hydrogen-bond donors (Lipinski definition) is 1. The molecule has 0 unspecified atom stereocenters. The van der Waals surface area contributed by atoms with E-state index in [2.05, 4.69) is 16.7 Å². The van der Waals surface area contributed by atoms with Crippen LogP contribution in [-0.2, 0) is 4.74 Å². The van der Waals surface area contributed by atoms with Gasteiger partial charge in [-0.1, -0.05) is 6.92 Å². The maximum absolute atomic E-state index is 12.5. The second-order valence-corrected chi connectivity index (χ2v) is 6.73. The van der Waals surface area contributed by atoms with E-state index >= 15 is 0 Å². The fourth-order valence-corrected chi connectivity index (χ4v) is 2.71. The standard InChI is InChI=1S/C17H26N4O4/c1-4-19-7-9-20(10-8-19)13-5-6-15(21(23)24)14(11-13)16(22)25-17(2,3)12-18/h5-6,11H,4,7-10,12,18H2,1-3H3. The van der Waals surface area contributed by atoms with Crippen LogP contribution in [0, 0.1) is 10.1 Å². The number of nitro benzene ring substituents is 1. The van der Waals surface area contributed by atoms with Gasteiger partial charge in [-0.2, -0.15) is 0 Å². The van der Waals surface area contributed by atoms with E-state index in [0.29, 0.717) is 0 Å². The van der Waals surface area contributed by atoms with Gasteiger partial charge in [0.25, 0.3) is 5.69 Å². The summed E-state index contributed by atoms with van der Waals surface area (Å²) in [5.74, 6) is -0.726. The van der Waals surface area contributed by atoms with Crippen LogP contribution in [0.5, 0.6) is 0 Å². The predicted molar refractivity (Wildman–Crippen MR) is 96.0 cm³/mol. The molecule has 1 aromatic rings. The Morgan fingerprint density at radius 2 is 1.96 bits per heavy atom. The second kappa shape index (κ2) is 7.79. The summed E-state index contributed by atoms with van der Waals surface area (Å²) < 4.78 is 5.35. The number of anilines is 1. The summed E-state index contributed by atoms with van der Waals surface area (Å²) in [7, 11) is 0. The molecule has 0 aliphatic carbocycles. The molecule has 0 radical (unpaired) electrons. The van der Waals surface area contributed by atoms with Crippen LogP contribution in [0.15, 0.2) is 18.2 Å². The van der Waals surface area contributed by atoms with Gasteiger partial charge >= 0.3 is 5.97 Å². The summed E-state index contributed by atoms with van der Waals surface area (Å²) in [5, 5.41) is 11.3. The normalized spacial score (nSPS) is 15.9. The van der Waals surface area contributed by atoms with Crippen molar-refractivity contribution in [3.05, 3.63) is 33.9 Å². The molecular weight excluding hydrogens is 324 g/mol. The van der Waals surface area contributed by atoms with Crippen molar-refractivity contribution in [3.8, 4) is 0 Å². The maximum atomic E-state index is 12.5. The summed E-state index contributed by atoms with van der Waals surface area (Å²) in [6.45, 7) is 10.1. The Bertz CT molecular complexity index is 640. The average Bonchev–Trinajstić information content (AvgIpc) is 2.60. The van der Waals surface area contributed by atoms with Crippen molar-refractivity contribution < 1.29 is 14.5 Å². The van der Waals surface area contributed by atoms with Gasteiger partial charge < -0.3 is 20.3 Å². The maximum Gasteiger partial charge on any atom is 0.345 e. The molecule has 0 bridgehead atoms. The molecule has 0 saturated carbocycles. The van der Waals surface area contributed by atoms with Crippen LogP contribution in [0.1, 0.15) is 31.1 Å². The van der Waals surface area contributed by atoms with Gasteiger partial charge in [0.15, 0.2) is 0 Å². The van der Waals surface area contributed by atoms with Gasteiger partial charge in [-0.05, 0) is 32.5 Å². The smallest absolute Gasteiger partial charge is 0.345 e. The van der Waals surface area contributed by atoms with Crippen LogP contribution < -0.4 is 10.6 Å². The predicted octanol–water partition coefficient (Wildman–Crippen LogP) is 1.63. The van der Waals surface area contributed by atoms with Gasteiger partial charge in [0.1, 0.15) is 11.2 Å². The number of nitrogens with two attached hydrogens (primary N) is 1. The first-order valence-electron chi connectivity index (χ1n) is 8.46. The number of ether oxygens (including phenoxy) is 1. The minimum Gasteiger partial charge on any atom is -0.455 e. The van der Waals surface area contributed by atoms with Crippen LogP contribution in [0.4, 0.5) is 11.4 Å². The van der Waals surface area contributed by atoms with Gasteiger partial charge in [0.2, 0.25) is 0 Å². The summed E-state index contributed by atoms with van der Waals surface area (Å²) in [5.41, 5.74) is 5.19. The van der Waals surface area contributed by atoms with Gasteiger partial charge in [0, 0.05) is 44.5 Å². The Morgan fingerprint density at radius 1 is 1.32 bits per heavy atom. The van der Waals surface area contributed by atoms with Gasteiger partial charge in [0.05, 0.1) is 4.92 Å². The Hall–Kier alpha value is -2.19. The monoisotopic (exact) mass is 350 g/mol. The lowest BCUT2D eigenvalue weighted by atomic mass is 10.1. The Morgan fingerprint density at radius 3 is 2.48 bits per heavy atom. The number of nitrogens with zero attached hydrogens (tertiary/aromatic N) is 3. The number of nitro groups is 1. The number of piperazine rings is 1. The lowest BCUT2D eigenvalue weighted by Gasteiger charge is -2.35. The number of esters is 1. The molecule has 0 atom stereocenters. The number of benzene rings is 1. The van der Waals surface area contributed by atoms with Gasteiger partial charge in [-0.15, -0.1) is 0 Å². The van der Waals surface area contributed by atoms with Crippen molar-refractivity contribution in [3.63, 3.8) is 0 Å². The van der Waals surface area contributed by atoms with E-state index in [0.717, 1.165) is 38.4 Å². The van der Waals surface area contributed by atoms with Crippen molar-refractivity contribution in [2.75, 3.05) is 44.2 Å². The highest BCUT2D eigenvalue weighted by atomic mass is 16.6. The molecule has 0 aromatic heterocycles. The molecule has 2 rings (SSSR count). The van der Waals surface area contributed by atoms with E-state index in [1.54, 1.807) is 26.0 Å². The molecule has 1 fully saturated rings. The highest BCUT2D eigenvalue weighted by molar-refractivity contribution is 5.95. The number of rotatable bonds is 6. The van der Waals surface area contributed by atoms with Crippen LogP contribution >= 0.6 is 0 Å². The summed E-state index contributed by atoms with van der Waals surface area (Å²) in [6, 6.07) is 4.60. The van der Waals surface area contributed by atoms with Crippen LogP contribution in [0.3, 0.4) is 0 Å². The van der Waals surface area contributed by atoms with Crippen molar-refractivity contribution in [1.82, 2.24) is 4.90 Å². The van der Waals surface area contributed by atoms with E-state index in [4.69, 9.17) is 10.5 Å². The first-order chi connectivity index (χ1) is 11.8. The van der Waals surface area contributed by atoms with E-state index < -0.39 is 16.5 Å². The minimum absolute atomic E-state index is 0.0399. The van der Waals surface area contributed by atoms with E-state index in [1.165, 1.54) is 6.07 Å². The molecule has 0 spiro atoms. The van der Waals surface area contributed by atoms with Crippen molar-refractivity contribution in [2.45, 2.75) is 26.4 Å². The molecule has 1 heterocycles. The lowest BCUT2D eigenvalue weighted by molar-refractivity contribution is -0.385. The molecular formula is C17H26N4O4. The largest absolute Gasteiger partial charge is 0.455 e. The minimum atomic E-state index is -0.881. The van der Waals surface area contributed by atoms with Crippen LogP contribution in [0.25, 0.3) is 0 Å². The van der Waals surface area contributed by atoms with E-state index in [9.17, 15) is 14.9 Å². The highest BCUT2D eigenvalue weighted by Crippen LogP contribution is 2.27. The molecule has 25 heavy (non-hydrogen) atoms. The number of hydrogen-bond acceptors (Lipinski definition) is 7. The third-order valence-electron chi connectivity index (χ3n) is 4.44. The first kappa shape index (κ1) is 19.1. The first-order valence-corrected chi connectivity index (χ1v) is 8.46. The van der Waals surface area contributed by atoms with E-state index in [1.807, 2.05) is 0 Å². The fourth-order valence-electron chi connectivity index (χ4n) is 2.71. The number of carbonyl (C=O) groups is 1. The van der Waals surface area contributed by atoms with Crippen LogP contribution in [-0.4, -0.2) is 60.7 Å². The quantitative estimate of drug-likeness (QED) is 0.472. The molecule has 8 heteroatoms. The number of likely N-dealkylation sites (N-methyl/N-ethyl adjacent to an activating group) is 1. The molecule has 0 amide bonds. The van der Waals surface area contributed by atoms with Crippen molar-refractivity contribution in [2.24, 2.45) is 5.73 Å². The molecule has 1 aliphatic heterocycles. The molecule has 2 N–H and O–H groups in total. The third kappa shape index (κ3) is 4.67. The Labute approximate surface area is 147 Å². The summed E-state index contributed by atoms with van der Waals surface area (Å²) in [4.78, 5) is 27.6. The van der Waals surface area contributed by atoms with Crippen LogP contribution in [0.2, 0.25) is 0 Å². The van der Waals surface area contributed by atoms with Gasteiger partial charge in [-0.25, -0.2) is 4.79 Å². The summed E-state index contributed by atoms with van der Waals surface area (Å²) >= 11 is 0. The van der Waals surface area contributed by atoms with Crippen molar-refractivity contribution >= 4 is 17.3 Å². The average molecular weight is 350 g/mol. The molecule has 1 aliphatic rings. The fraction of sp³-hybridized carbons (Fsp3) is 0.588. The molecule has 138 valence electrons. The SMILES string of the molecule is CCN1CCN(c2ccc([N+](=O)[O-])c(C(=O)OC(C)(C)CN)c2)CC1. The lowest BCUT2D eigenvalue weighted by Crippen LogP contribution is -2.46. The number of carbonyl (C=O) groups excluding carboxylic acids is 1. The molecule has 8 nitrogen and oxygen atoms in total.